The number of carbonyl (C=O) groups excluding carboxylic acids is 1. The summed E-state index contributed by atoms with van der Waals surface area (Å²) in [5.74, 6) is 0.671. The Morgan fingerprint density at radius 2 is 1.70 bits per heavy atom. The first-order chi connectivity index (χ1) is 14.5. The summed E-state index contributed by atoms with van der Waals surface area (Å²) in [5.41, 5.74) is 1.90. The molecule has 0 N–H and O–H groups in total. The molecule has 0 bridgehead atoms. The molecule has 1 fully saturated rings. The smallest absolute Gasteiger partial charge is 0.270 e. The molecule has 0 aliphatic carbocycles. The van der Waals surface area contributed by atoms with E-state index in [1.807, 2.05) is 29.2 Å². The highest BCUT2D eigenvalue weighted by molar-refractivity contribution is 5.96. The van der Waals surface area contributed by atoms with Crippen molar-refractivity contribution in [3.63, 3.8) is 0 Å². The molecule has 1 aliphatic heterocycles. The Hall–Kier alpha value is -3.79. The minimum atomic E-state index is -0.303. The maximum absolute atomic E-state index is 12.8. The molecular formula is C23H22N4O3. The second-order valence-electron chi connectivity index (χ2n) is 7.22. The average Bonchev–Trinajstić information content (AvgIpc) is 2.81. The highest BCUT2D eigenvalue weighted by atomic mass is 16.5. The summed E-state index contributed by atoms with van der Waals surface area (Å²) < 4.78 is 6.66. The highest BCUT2D eigenvalue weighted by Gasteiger charge is 2.26. The molecule has 0 atom stereocenters. The second-order valence-corrected chi connectivity index (χ2v) is 7.22. The number of ether oxygens (including phenoxy) is 1. The fraction of sp³-hybridized carbons (Fsp3) is 0.261. The number of para-hydroxylation sites is 1. The van der Waals surface area contributed by atoms with Gasteiger partial charge in [0.1, 0.15) is 17.4 Å². The first-order valence-corrected chi connectivity index (χ1v) is 9.75. The predicted octanol–water partition coefficient (Wildman–Crippen LogP) is 2.38. The van der Waals surface area contributed by atoms with Crippen LogP contribution in [-0.4, -0.2) is 48.7 Å². The van der Waals surface area contributed by atoms with Crippen LogP contribution in [0.15, 0.2) is 53.3 Å². The number of piperazine rings is 1. The average molecular weight is 402 g/mol. The van der Waals surface area contributed by atoms with Crippen molar-refractivity contribution in [2.75, 3.05) is 38.2 Å². The van der Waals surface area contributed by atoms with E-state index in [1.165, 1.54) is 4.57 Å². The molecule has 1 aliphatic rings. The van der Waals surface area contributed by atoms with Gasteiger partial charge in [-0.05, 0) is 30.3 Å². The molecule has 4 rings (SSSR count). The molecular weight excluding hydrogens is 380 g/mol. The topological polar surface area (TPSA) is 78.6 Å². The molecule has 0 saturated carbocycles. The van der Waals surface area contributed by atoms with Crippen LogP contribution < -0.4 is 15.2 Å². The van der Waals surface area contributed by atoms with Crippen LogP contribution >= 0.6 is 0 Å². The predicted molar refractivity (Wildman–Crippen MR) is 115 cm³/mol. The normalized spacial score (nSPS) is 13.9. The zero-order chi connectivity index (χ0) is 21.3. The van der Waals surface area contributed by atoms with Gasteiger partial charge < -0.3 is 19.1 Å². The number of rotatable bonds is 3. The molecule has 2 heterocycles. The van der Waals surface area contributed by atoms with E-state index in [1.54, 1.807) is 43.3 Å². The Labute approximate surface area is 174 Å². The van der Waals surface area contributed by atoms with E-state index in [-0.39, 0.29) is 17.0 Å². The van der Waals surface area contributed by atoms with Gasteiger partial charge in [0.25, 0.3) is 11.5 Å². The van der Waals surface area contributed by atoms with Crippen molar-refractivity contribution in [2.45, 2.75) is 0 Å². The largest absolute Gasteiger partial charge is 0.497 e. The standard InChI is InChI=1S/C23H22N4O3/c1-25-20-6-4-3-5-18(20)21(19(15-24)23(25)29)26-11-13-27(14-12-26)22(28)16-7-9-17(30-2)10-8-16/h3-10H,11-14H2,1-2H3. The molecule has 1 saturated heterocycles. The number of hydrogen-bond acceptors (Lipinski definition) is 5. The fourth-order valence-electron chi connectivity index (χ4n) is 3.96. The van der Waals surface area contributed by atoms with Crippen molar-refractivity contribution < 1.29 is 9.53 Å². The highest BCUT2D eigenvalue weighted by Crippen LogP contribution is 2.29. The van der Waals surface area contributed by atoms with Gasteiger partial charge in [-0.2, -0.15) is 5.26 Å². The lowest BCUT2D eigenvalue weighted by molar-refractivity contribution is 0.0747. The van der Waals surface area contributed by atoms with Crippen LogP contribution in [0.4, 0.5) is 5.69 Å². The number of benzene rings is 2. The van der Waals surface area contributed by atoms with E-state index >= 15 is 0 Å². The van der Waals surface area contributed by atoms with Crippen LogP contribution in [0.5, 0.6) is 5.75 Å². The summed E-state index contributed by atoms with van der Waals surface area (Å²) in [5, 5.41) is 10.5. The van der Waals surface area contributed by atoms with E-state index in [0.717, 1.165) is 10.9 Å². The molecule has 152 valence electrons. The third-order valence-corrected chi connectivity index (χ3v) is 5.61. The summed E-state index contributed by atoms with van der Waals surface area (Å²) in [6, 6.07) is 16.8. The van der Waals surface area contributed by atoms with Gasteiger partial charge in [-0.15, -0.1) is 0 Å². The lowest BCUT2D eigenvalue weighted by Gasteiger charge is -2.37. The first-order valence-electron chi connectivity index (χ1n) is 9.75. The lowest BCUT2D eigenvalue weighted by atomic mass is 10.1. The molecule has 30 heavy (non-hydrogen) atoms. The molecule has 0 unspecified atom stereocenters. The van der Waals surface area contributed by atoms with Gasteiger partial charge in [-0.25, -0.2) is 0 Å². The Balaban J connectivity index is 1.61. The molecule has 1 aromatic heterocycles. The number of aromatic nitrogens is 1. The first kappa shape index (κ1) is 19.5. The van der Waals surface area contributed by atoms with E-state index in [4.69, 9.17) is 4.74 Å². The van der Waals surface area contributed by atoms with Crippen LogP contribution in [0.25, 0.3) is 10.9 Å². The Morgan fingerprint density at radius 3 is 2.33 bits per heavy atom. The van der Waals surface area contributed by atoms with Crippen LogP contribution in [-0.2, 0) is 7.05 Å². The van der Waals surface area contributed by atoms with Gasteiger partial charge in [0.05, 0.1) is 18.3 Å². The van der Waals surface area contributed by atoms with Crippen molar-refractivity contribution >= 4 is 22.5 Å². The molecule has 0 spiro atoms. The third kappa shape index (κ3) is 3.26. The van der Waals surface area contributed by atoms with Crippen LogP contribution in [0.3, 0.4) is 0 Å². The van der Waals surface area contributed by atoms with Gasteiger partial charge in [0.15, 0.2) is 0 Å². The SMILES string of the molecule is COc1ccc(C(=O)N2CCN(c3c(C#N)c(=O)n(C)c4ccccc34)CC2)cc1. The maximum Gasteiger partial charge on any atom is 0.270 e. The Bertz CT molecular complexity index is 1200. The zero-order valence-corrected chi connectivity index (χ0v) is 17.0. The number of anilines is 1. The van der Waals surface area contributed by atoms with E-state index < -0.39 is 0 Å². The Morgan fingerprint density at radius 1 is 1.03 bits per heavy atom. The molecule has 3 aromatic rings. The van der Waals surface area contributed by atoms with E-state index in [2.05, 4.69) is 6.07 Å². The number of amides is 1. The molecule has 1 amide bonds. The van der Waals surface area contributed by atoms with Crippen LogP contribution in [0, 0.1) is 11.3 Å². The molecule has 2 aromatic carbocycles. The number of nitriles is 1. The minimum Gasteiger partial charge on any atom is -0.497 e. The lowest BCUT2D eigenvalue weighted by Crippen LogP contribution is -2.49. The monoisotopic (exact) mass is 402 g/mol. The molecule has 7 heteroatoms. The quantitative estimate of drug-likeness (QED) is 0.672. The Kier molecular flexibility index (Phi) is 5.15. The van der Waals surface area contributed by atoms with Gasteiger partial charge >= 0.3 is 0 Å². The molecule has 7 nitrogen and oxygen atoms in total. The van der Waals surface area contributed by atoms with Gasteiger partial charge in [0, 0.05) is 44.2 Å². The summed E-state index contributed by atoms with van der Waals surface area (Å²) in [6.45, 7) is 2.13. The number of carbonyl (C=O) groups is 1. The summed E-state index contributed by atoms with van der Waals surface area (Å²) >= 11 is 0. The van der Waals surface area contributed by atoms with Crippen molar-refractivity contribution in [3.05, 3.63) is 70.0 Å². The minimum absolute atomic E-state index is 0.0355. The van der Waals surface area contributed by atoms with Crippen LogP contribution in [0.2, 0.25) is 0 Å². The van der Waals surface area contributed by atoms with Crippen molar-refractivity contribution in [3.8, 4) is 11.8 Å². The number of pyridine rings is 1. The zero-order valence-electron chi connectivity index (χ0n) is 17.0. The van der Waals surface area contributed by atoms with Crippen molar-refractivity contribution in [1.29, 1.82) is 5.26 Å². The number of aryl methyl sites for hydroxylation is 1. The van der Waals surface area contributed by atoms with E-state index in [0.29, 0.717) is 43.2 Å². The van der Waals surface area contributed by atoms with E-state index in [9.17, 15) is 14.9 Å². The summed E-state index contributed by atoms with van der Waals surface area (Å²) in [7, 11) is 3.27. The van der Waals surface area contributed by atoms with Crippen molar-refractivity contribution in [1.82, 2.24) is 9.47 Å². The van der Waals surface area contributed by atoms with Gasteiger partial charge in [-0.3, -0.25) is 9.59 Å². The van der Waals surface area contributed by atoms with Crippen LogP contribution in [0.1, 0.15) is 15.9 Å². The van der Waals surface area contributed by atoms with Gasteiger partial charge in [-0.1, -0.05) is 18.2 Å². The van der Waals surface area contributed by atoms with Gasteiger partial charge in [0.2, 0.25) is 0 Å². The number of methoxy groups -OCH3 is 1. The maximum atomic E-state index is 12.8. The number of nitrogens with zero attached hydrogens (tertiary/aromatic N) is 4. The number of hydrogen-bond donors (Lipinski definition) is 0. The summed E-state index contributed by atoms with van der Waals surface area (Å²) in [4.78, 5) is 29.4. The second kappa shape index (κ2) is 7.91. The number of fused-ring (bicyclic) bond motifs is 1. The van der Waals surface area contributed by atoms with Crippen molar-refractivity contribution in [2.24, 2.45) is 7.05 Å². The molecule has 0 radical (unpaired) electrons. The fourth-order valence-corrected chi connectivity index (χ4v) is 3.96. The summed E-state index contributed by atoms with van der Waals surface area (Å²) in [6.07, 6.45) is 0. The third-order valence-electron chi connectivity index (χ3n) is 5.61.